The van der Waals surface area contributed by atoms with E-state index in [4.69, 9.17) is 0 Å². The van der Waals surface area contributed by atoms with Gasteiger partial charge in [-0.05, 0) is 56.8 Å². The maximum atomic E-state index is 12.2. The van der Waals surface area contributed by atoms with Crippen LogP contribution in [0.25, 0.3) is 0 Å². The van der Waals surface area contributed by atoms with Crippen LogP contribution in [0.4, 0.5) is 0 Å². The topological polar surface area (TPSA) is 41.1 Å². The third kappa shape index (κ3) is 4.22. The van der Waals surface area contributed by atoms with E-state index in [1.54, 1.807) is 0 Å². The minimum atomic E-state index is 0. The molecular weight excluding hydrogens is 260 g/mol. The summed E-state index contributed by atoms with van der Waals surface area (Å²) in [6, 6.07) is 5.97. The van der Waals surface area contributed by atoms with E-state index in [-0.39, 0.29) is 18.3 Å². The first-order valence-electron chi connectivity index (χ1n) is 6.73. The van der Waals surface area contributed by atoms with Gasteiger partial charge < -0.3 is 10.6 Å². The summed E-state index contributed by atoms with van der Waals surface area (Å²) in [6.07, 6.45) is 2.42. The Hall–Kier alpha value is -1.06. The van der Waals surface area contributed by atoms with Gasteiger partial charge in [0.15, 0.2) is 0 Å². The van der Waals surface area contributed by atoms with Gasteiger partial charge in [-0.15, -0.1) is 12.4 Å². The van der Waals surface area contributed by atoms with E-state index in [0.29, 0.717) is 5.92 Å². The van der Waals surface area contributed by atoms with E-state index in [2.05, 4.69) is 10.6 Å². The summed E-state index contributed by atoms with van der Waals surface area (Å²) in [5.41, 5.74) is 2.94. The Morgan fingerprint density at radius 1 is 1.37 bits per heavy atom. The van der Waals surface area contributed by atoms with Crippen LogP contribution in [0.15, 0.2) is 18.2 Å². The molecule has 0 bridgehead atoms. The average molecular weight is 283 g/mol. The van der Waals surface area contributed by atoms with Crippen molar-refractivity contribution in [3.63, 3.8) is 0 Å². The quantitative estimate of drug-likeness (QED) is 0.894. The molecular formula is C15H23ClN2O. The van der Waals surface area contributed by atoms with Crippen molar-refractivity contribution < 1.29 is 4.79 Å². The molecule has 1 aliphatic rings. The molecule has 1 aromatic rings. The van der Waals surface area contributed by atoms with Crippen LogP contribution in [0.2, 0.25) is 0 Å². The third-order valence-corrected chi connectivity index (χ3v) is 3.66. The number of aryl methyl sites for hydroxylation is 2. The van der Waals surface area contributed by atoms with Crippen LogP contribution in [0.3, 0.4) is 0 Å². The fraction of sp³-hybridized carbons (Fsp3) is 0.533. The maximum Gasteiger partial charge on any atom is 0.251 e. The third-order valence-electron chi connectivity index (χ3n) is 3.66. The smallest absolute Gasteiger partial charge is 0.251 e. The zero-order valence-corrected chi connectivity index (χ0v) is 12.5. The largest absolute Gasteiger partial charge is 0.352 e. The van der Waals surface area contributed by atoms with Gasteiger partial charge in [0.25, 0.3) is 5.91 Å². The molecule has 1 saturated heterocycles. The van der Waals surface area contributed by atoms with Gasteiger partial charge in [-0.1, -0.05) is 18.2 Å². The number of hydrogen-bond acceptors (Lipinski definition) is 2. The van der Waals surface area contributed by atoms with Crippen molar-refractivity contribution in [1.29, 1.82) is 0 Å². The zero-order chi connectivity index (χ0) is 13.0. The molecule has 0 radical (unpaired) electrons. The molecule has 1 aliphatic heterocycles. The molecule has 1 amide bonds. The van der Waals surface area contributed by atoms with Crippen molar-refractivity contribution in [2.45, 2.75) is 26.7 Å². The number of amides is 1. The Bertz CT molecular complexity index is 408. The van der Waals surface area contributed by atoms with Crippen LogP contribution in [-0.2, 0) is 0 Å². The highest BCUT2D eigenvalue weighted by atomic mass is 35.5. The van der Waals surface area contributed by atoms with Gasteiger partial charge in [0.2, 0.25) is 0 Å². The highest BCUT2D eigenvalue weighted by molar-refractivity contribution is 5.97. The summed E-state index contributed by atoms with van der Waals surface area (Å²) < 4.78 is 0. The van der Waals surface area contributed by atoms with Crippen molar-refractivity contribution in [1.82, 2.24) is 10.6 Å². The lowest BCUT2D eigenvalue weighted by atomic mass is 9.98. The van der Waals surface area contributed by atoms with Gasteiger partial charge >= 0.3 is 0 Å². The van der Waals surface area contributed by atoms with Gasteiger partial charge in [0, 0.05) is 12.1 Å². The Labute approximate surface area is 121 Å². The second-order valence-electron chi connectivity index (χ2n) is 5.19. The Balaban J connectivity index is 0.00000180. The monoisotopic (exact) mass is 282 g/mol. The lowest BCUT2D eigenvalue weighted by Crippen LogP contribution is -2.38. The van der Waals surface area contributed by atoms with E-state index in [1.165, 1.54) is 12.8 Å². The number of carbonyl (C=O) groups is 1. The molecule has 2 rings (SSSR count). The Morgan fingerprint density at radius 2 is 2.05 bits per heavy atom. The summed E-state index contributed by atoms with van der Waals surface area (Å²) in [5, 5.41) is 6.44. The number of nitrogens with one attached hydrogen (secondary N) is 2. The molecule has 4 heteroatoms. The molecule has 0 aromatic heterocycles. The molecule has 1 fully saturated rings. The van der Waals surface area contributed by atoms with E-state index >= 15 is 0 Å². The number of benzene rings is 1. The highest BCUT2D eigenvalue weighted by Gasteiger charge is 2.16. The molecule has 19 heavy (non-hydrogen) atoms. The molecule has 1 atom stereocenters. The molecule has 1 heterocycles. The summed E-state index contributed by atoms with van der Waals surface area (Å²) in [7, 11) is 0. The average Bonchev–Trinajstić information content (AvgIpc) is 2.37. The molecule has 1 unspecified atom stereocenters. The number of piperidine rings is 1. The van der Waals surface area contributed by atoms with Crippen molar-refractivity contribution >= 4 is 18.3 Å². The Morgan fingerprint density at radius 3 is 2.63 bits per heavy atom. The number of hydrogen-bond donors (Lipinski definition) is 2. The molecule has 0 aliphatic carbocycles. The van der Waals surface area contributed by atoms with E-state index in [1.807, 2.05) is 32.0 Å². The van der Waals surface area contributed by atoms with Crippen molar-refractivity contribution in [2.75, 3.05) is 19.6 Å². The second kappa shape index (κ2) is 7.51. The summed E-state index contributed by atoms with van der Waals surface area (Å²) in [4.78, 5) is 12.2. The lowest BCUT2D eigenvalue weighted by molar-refractivity contribution is 0.0943. The molecule has 0 saturated carbocycles. The van der Waals surface area contributed by atoms with Crippen LogP contribution < -0.4 is 10.6 Å². The normalized spacial score (nSPS) is 18.5. The van der Waals surface area contributed by atoms with Gasteiger partial charge in [0.1, 0.15) is 0 Å². The molecule has 0 spiro atoms. The summed E-state index contributed by atoms with van der Waals surface area (Å²) in [6.45, 7) is 6.89. The van der Waals surface area contributed by atoms with Crippen LogP contribution in [0.1, 0.15) is 34.3 Å². The fourth-order valence-corrected chi connectivity index (χ4v) is 2.60. The van der Waals surface area contributed by atoms with Gasteiger partial charge in [0.05, 0.1) is 0 Å². The number of halogens is 1. The second-order valence-corrected chi connectivity index (χ2v) is 5.19. The zero-order valence-electron chi connectivity index (χ0n) is 11.7. The lowest BCUT2D eigenvalue weighted by Gasteiger charge is -2.23. The highest BCUT2D eigenvalue weighted by Crippen LogP contribution is 2.14. The Kier molecular flexibility index (Phi) is 6.32. The van der Waals surface area contributed by atoms with Crippen LogP contribution >= 0.6 is 12.4 Å². The van der Waals surface area contributed by atoms with E-state index in [0.717, 1.165) is 36.3 Å². The number of carbonyl (C=O) groups excluding carboxylic acids is 1. The first-order valence-corrected chi connectivity index (χ1v) is 6.73. The van der Waals surface area contributed by atoms with E-state index < -0.39 is 0 Å². The van der Waals surface area contributed by atoms with Crippen LogP contribution in [-0.4, -0.2) is 25.5 Å². The van der Waals surface area contributed by atoms with Crippen molar-refractivity contribution in [3.8, 4) is 0 Å². The molecule has 1 aromatic carbocycles. The van der Waals surface area contributed by atoms with Crippen molar-refractivity contribution in [3.05, 3.63) is 34.9 Å². The fourth-order valence-electron chi connectivity index (χ4n) is 2.60. The van der Waals surface area contributed by atoms with Crippen molar-refractivity contribution in [2.24, 2.45) is 5.92 Å². The summed E-state index contributed by atoms with van der Waals surface area (Å²) in [5.74, 6) is 0.642. The minimum absolute atomic E-state index is 0. The predicted molar refractivity (Wildman–Crippen MR) is 81.1 cm³/mol. The van der Waals surface area contributed by atoms with Gasteiger partial charge in [-0.3, -0.25) is 4.79 Å². The van der Waals surface area contributed by atoms with Gasteiger partial charge in [-0.2, -0.15) is 0 Å². The first kappa shape index (κ1) is 16.0. The van der Waals surface area contributed by atoms with Gasteiger partial charge in [-0.25, -0.2) is 0 Å². The predicted octanol–water partition coefficient (Wildman–Crippen LogP) is 2.45. The molecule has 3 nitrogen and oxygen atoms in total. The SMILES string of the molecule is Cc1cccc(C)c1C(=O)NCC1CCCNC1.Cl. The molecule has 2 N–H and O–H groups in total. The number of rotatable bonds is 3. The van der Waals surface area contributed by atoms with E-state index in [9.17, 15) is 4.79 Å². The molecule has 106 valence electrons. The maximum absolute atomic E-state index is 12.2. The summed E-state index contributed by atoms with van der Waals surface area (Å²) >= 11 is 0. The van der Waals surface area contributed by atoms with Crippen LogP contribution in [0, 0.1) is 19.8 Å². The standard InChI is InChI=1S/C15H22N2O.ClH/c1-11-5-3-6-12(2)14(11)15(18)17-10-13-7-4-8-16-9-13;/h3,5-6,13,16H,4,7-10H2,1-2H3,(H,17,18);1H. The van der Waals surface area contributed by atoms with Crippen LogP contribution in [0.5, 0.6) is 0 Å². The minimum Gasteiger partial charge on any atom is -0.352 e. The first-order chi connectivity index (χ1) is 8.68.